The van der Waals surface area contributed by atoms with E-state index in [1.807, 2.05) is 37.3 Å². The Kier molecular flexibility index (Phi) is 4.18. The second-order valence-electron chi connectivity index (χ2n) is 5.19. The molecule has 0 fully saturated rings. The molecule has 0 spiro atoms. The van der Waals surface area contributed by atoms with Crippen LogP contribution in [0.15, 0.2) is 43.0 Å². The molecule has 0 unspecified atom stereocenters. The normalized spacial score (nSPS) is 10.7. The summed E-state index contributed by atoms with van der Waals surface area (Å²) in [5.41, 5.74) is 3.42. The molecule has 0 bridgehead atoms. The average Bonchev–Trinajstić information content (AvgIpc) is 3.22. The van der Waals surface area contributed by atoms with Crippen LogP contribution in [0, 0.1) is 0 Å². The SMILES string of the molecule is CCc1cc(C(=O)NCc2ccc(-n3cncn3)cc2)n(C)n1. The molecule has 3 rings (SSSR count). The lowest BCUT2D eigenvalue weighted by Gasteiger charge is -2.06. The molecule has 118 valence electrons. The zero-order chi connectivity index (χ0) is 16.2. The van der Waals surface area contributed by atoms with Crippen molar-refractivity contribution in [2.45, 2.75) is 19.9 Å². The Labute approximate surface area is 134 Å². The fourth-order valence-corrected chi connectivity index (χ4v) is 2.29. The van der Waals surface area contributed by atoms with Gasteiger partial charge in [-0.05, 0) is 30.2 Å². The van der Waals surface area contributed by atoms with E-state index in [1.165, 1.54) is 6.33 Å². The highest BCUT2D eigenvalue weighted by Crippen LogP contribution is 2.09. The molecule has 23 heavy (non-hydrogen) atoms. The number of carbonyl (C=O) groups is 1. The minimum Gasteiger partial charge on any atom is -0.347 e. The van der Waals surface area contributed by atoms with Crippen LogP contribution in [0.3, 0.4) is 0 Å². The van der Waals surface area contributed by atoms with Crippen LogP contribution in [0.1, 0.15) is 28.7 Å². The Morgan fingerprint density at radius 2 is 2.04 bits per heavy atom. The van der Waals surface area contributed by atoms with Gasteiger partial charge in [-0.15, -0.1) is 0 Å². The third-order valence-corrected chi connectivity index (χ3v) is 3.60. The summed E-state index contributed by atoms with van der Waals surface area (Å²) in [5, 5.41) is 11.3. The first-order valence-electron chi connectivity index (χ1n) is 7.42. The number of carbonyl (C=O) groups excluding carboxylic acids is 1. The molecule has 2 aromatic heterocycles. The van der Waals surface area contributed by atoms with Crippen molar-refractivity contribution in [1.82, 2.24) is 29.9 Å². The van der Waals surface area contributed by atoms with Crippen molar-refractivity contribution in [3.8, 4) is 5.69 Å². The van der Waals surface area contributed by atoms with Crippen molar-refractivity contribution in [3.05, 3.63) is 59.9 Å². The topological polar surface area (TPSA) is 77.6 Å². The van der Waals surface area contributed by atoms with Crippen LogP contribution < -0.4 is 5.32 Å². The Morgan fingerprint density at radius 1 is 1.26 bits per heavy atom. The number of aromatic nitrogens is 5. The molecule has 0 atom stereocenters. The number of amides is 1. The van der Waals surface area contributed by atoms with E-state index in [4.69, 9.17) is 0 Å². The van der Waals surface area contributed by atoms with Crippen molar-refractivity contribution in [1.29, 1.82) is 0 Å². The molecule has 0 radical (unpaired) electrons. The number of nitrogens with zero attached hydrogens (tertiary/aromatic N) is 5. The number of rotatable bonds is 5. The van der Waals surface area contributed by atoms with Gasteiger partial charge in [-0.2, -0.15) is 10.2 Å². The molecule has 0 aliphatic heterocycles. The Morgan fingerprint density at radius 3 is 2.65 bits per heavy atom. The summed E-state index contributed by atoms with van der Waals surface area (Å²) in [6.45, 7) is 2.48. The standard InChI is InChI=1S/C16H18N6O/c1-3-13-8-15(21(2)20-13)16(23)18-9-12-4-6-14(7-5-12)22-11-17-10-19-22/h4-8,10-11H,3,9H2,1-2H3,(H,18,23). The van der Waals surface area contributed by atoms with Crippen LogP contribution in [-0.2, 0) is 20.0 Å². The maximum absolute atomic E-state index is 12.2. The Bertz CT molecular complexity index is 789. The van der Waals surface area contributed by atoms with E-state index in [2.05, 4.69) is 20.5 Å². The molecular formula is C16H18N6O. The van der Waals surface area contributed by atoms with Crippen molar-refractivity contribution >= 4 is 5.91 Å². The first-order valence-corrected chi connectivity index (χ1v) is 7.42. The largest absolute Gasteiger partial charge is 0.347 e. The monoisotopic (exact) mass is 310 g/mol. The van der Waals surface area contributed by atoms with Crippen LogP contribution in [-0.4, -0.2) is 30.5 Å². The first kappa shape index (κ1) is 15.0. The summed E-state index contributed by atoms with van der Waals surface area (Å²) in [7, 11) is 1.78. The maximum Gasteiger partial charge on any atom is 0.269 e. The van der Waals surface area contributed by atoms with Crippen molar-refractivity contribution in [3.63, 3.8) is 0 Å². The van der Waals surface area contributed by atoms with Crippen molar-refractivity contribution in [2.24, 2.45) is 7.05 Å². The van der Waals surface area contributed by atoms with Gasteiger partial charge in [-0.3, -0.25) is 9.48 Å². The summed E-state index contributed by atoms with van der Waals surface area (Å²) in [6.07, 6.45) is 3.95. The molecule has 3 aromatic rings. The summed E-state index contributed by atoms with van der Waals surface area (Å²) in [5.74, 6) is -0.125. The van der Waals surface area contributed by atoms with Crippen LogP contribution in [0.2, 0.25) is 0 Å². The van der Waals surface area contributed by atoms with Gasteiger partial charge in [0.05, 0.1) is 11.4 Å². The van der Waals surface area contributed by atoms with Crippen LogP contribution in [0.25, 0.3) is 5.69 Å². The summed E-state index contributed by atoms with van der Waals surface area (Å²) >= 11 is 0. The number of aryl methyl sites for hydroxylation is 2. The lowest BCUT2D eigenvalue weighted by atomic mass is 10.2. The van der Waals surface area contributed by atoms with Gasteiger partial charge < -0.3 is 5.32 Å². The highest BCUT2D eigenvalue weighted by molar-refractivity contribution is 5.92. The fourth-order valence-electron chi connectivity index (χ4n) is 2.29. The van der Waals surface area contributed by atoms with Gasteiger partial charge in [0.2, 0.25) is 0 Å². The summed E-state index contributed by atoms with van der Waals surface area (Å²) in [6, 6.07) is 9.62. The van der Waals surface area contributed by atoms with Gasteiger partial charge in [0.1, 0.15) is 18.3 Å². The quantitative estimate of drug-likeness (QED) is 0.774. The zero-order valence-corrected chi connectivity index (χ0v) is 13.1. The molecule has 7 nitrogen and oxygen atoms in total. The first-order chi connectivity index (χ1) is 11.2. The van der Waals surface area contributed by atoms with E-state index in [1.54, 1.807) is 22.7 Å². The second kappa shape index (κ2) is 6.43. The maximum atomic E-state index is 12.2. The lowest BCUT2D eigenvalue weighted by molar-refractivity contribution is 0.0941. The summed E-state index contributed by atoms with van der Waals surface area (Å²) < 4.78 is 3.30. The van der Waals surface area contributed by atoms with E-state index < -0.39 is 0 Å². The van der Waals surface area contributed by atoms with Crippen LogP contribution in [0.5, 0.6) is 0 Å². The molecule has 0 aliphatic rings. The van der Waals surface area contributed by atoms with Gasteiger partial charge in [0, 0.05) is 13.6 Å². The number of hydrogen-bond acceptors (Lipinski definition) is 4. The van der Waals surface area contributed by atoms with Crippen molar-refractivity contribution in [2.75, 3.05) is 0 Å². The van der Waals surface area contributed by atoms with Gasteiger partial charge >= 0.3 is 0 Å². The molecule has 0 aliphatic carbocycles. The van der Waals surface area contributed by atoms with Gasteiger partial charge in [-0.25, -0.2) is 9.67 Å². The molecule has 7 heteroatoms. The van der Waals surface area contributed by atoms with E-state index in [0.717, 1.165) is 23.4 Å². The lowest BCUT2D eigenvalue weighted by Crippen LogP contribution is -2.25. The molecule has 0 saturated carbocycles. The number of hydrogen-bond donors (Lipinski definition) is 1. The van der Waals surface area contributed by atoms with E-state index in [0.29, 0.717) is 12.2 Å². The van der Waals surface area contributed by atoms with Gasteiger partial charge in [0.15, 0.2) is 0 Å². The highest BCUT2D eigenvalue weighted by Gasteiger charge is 2.12. The van der Waals surface area contributed by atoms with E-state index >= 15 is 0 Å². The Hall–Kier alpha value is -2.96. The second-order valence-corrected chi connectivity index (χ2v) is 5.19. The molecular weight excluding hydrogens is 292 g/mol. The van der Waals surface area contributed by atoms with Crippen LogP contribution in [0.4, 0.5) is 0 Å². The predicted octanol–water partition coefficient (Wildman–Crippen LogP) is 1.49. The van der Waals surface area contributed by atoms with E-state index in [9.17, 15) is 4.79 Å². The highest BCUT2D eigenvalue weighted by atomic mass is 16.2. The number of benzene rings is 1. The predicted molar refractivity (Wildman–Crippen MR) is 85.1 cm³/mol. The minimum atomic E-state index is -0.125. The molecule has 1 N–H and O–H groups in total. The average molecular weight is 310 g/mol. The minimum absolute atomic E-state index is 0.125. The fraction of sp³-hybridized carbons (Fsp3) is 0.250. The smallest absolute Gasteiger partial charge is 0.269 e. The zero-order valence-electron chi connectivity index (χ0n) is 13.1. The third kappa shape index (κ3) is 3.28. The number of nitrogens with one attached hydrogen (secondary N) is 1. The Balaban J connectivity index is 1.63. The molecule has 2 heterocycles. The molecule has 1 aromatic carbocycles. The summed E-state index contributed by atoms with van der Waals surface area (Å²) in [4.78, 5) is 16.1. The molecule has 1 amide bonds. The van der Waals surface area contributed by atoms with Crippen LogP contribution >= 0.6 is 0 Å². The third-order valence-electron chi connectivity index (χ3n) is 3.60. The van der Waals surface area contributed by atoms with E-state index in [-0.39, 0.29) is 5.91 Å². The van der Waals surface area contributed by atoms with Gasteiger partial charge in [-0.1, -0.05) is 19.1 Å². The van der Waals surface area contributed by atoms with Crippen molar-refractivity contribution < 1.29 is 4.79 Å². The molecule has 0 saturated heterocycles. The van der Waals surface area contributed by atoms with Gasteiger partial charge in [0.25, 0.3) is 5.91 Å².